The Morgan fingerprint density at radius 3 is 2.62 bits per heavy atom. The topological polar surface area (TPSA) is 62.4 Å². The van der Waals surface area contributed by atoms with Crippen molar-refractivity contribution in [1.29, 1.82) is 0 Å². The van der Waals surface area contributed by atoms with Gasteiger partial charge in [-0.3, -0.25) is 0 Å². The van der Waals surface area contributed by atoms with Crippen LogP contribution in [0.1, 0.15) is 5.56 Å². The quantitative estimate of drug-likeness (QED) is 0.834. The molecule has 1 N–H and O–H groups in total. The second-order valence-electron chi connectivity index (χ2n) is 3.81. The number of aryl methyl sites for hydroxylation is 1. The first-order valence-corrected chi connectivity index (χ1v) is 4.89. The summed E-state index contributed by atoms with van der Waals surface area (Å²) in [5, 5.41) is 13.5. The minimum absolute atomic E-state index is 0.147. The fourth-order valence-electron chi connectivity index (χ4n) is 1.33. The smallest absolute Gasteiger partial charge is 0.265 e. The molecule has 1 aromatic heterocycles. The van der Waals surface area contributed by atoms with Crippen molar-refractivity contribution in [3.63, 3.8) is 0 Å². The molecule has 2 rings (SSSR count). The molecule has 5 heteroatoms. The molecule has 0 aliphatic heterocycles. The number of phenolic OH excluding ortho intramolecular Hbond substituents is 1. The van der Waals surface area contributed by atoms with Crippen molar-refractivity contribution >= 4 is 5.95 Å². The van der Waals surface area contributed by atoms with Crippen LogP contribution in [0.25, 0.3) is 11.5 Å². The van der Waals surface area contributed by atoms with Gasteiger partial charge in [0.2, 0.25) is 0 Å². The molecule has 0 radical (unpaired) electrons. The molecule has 0 aliphatic rings. The number of hydrogen-bond acceptors (Lipinski definition) is 5. The second-order valence-corrected chi connectivity index (χ2v) is 3.81. The van der Waals surface area contributed by atoms with Crippen LogP contribution in [0.2, 0.25) is 0 Å². The Morgan fingerprint density at radius 2 is 2.06 bits per heavy atom. The van der Waals surface area contributed by atoms with Crippen LogP contribution in [0, 0.1) is 6.92 Å². The Labute approximate surface area is 93.3 Å². The van der Waals surface area contributed by atoms with E-state index in [1.807, 2.05) is 27.1 Å². The number of phenols is 1. The molecule has 16 heavy (non-hydrogen) atoms. The molecule has 0 spiro atoms. The zero-order chi connectivity index (χ0) is 11.7. The molecule has 2 aromatic rings. The highest BCUT2D eigenvalue weighted by atomic mass is 16.5. The molecule has 0 saturated carbocycles. The lowest BCUT2D eigenvalue weighted by Gasteiger charge is -2.02. The molecule has 0 fully saturated rings. The van der Waals surface area contributed by atoms with Crippen molar-refractivity contribution in [1.82, 2.24) is 10.1 Å². The Kier molecular flexibility index (Phi) is 2.52. The van der Waals surface area contributed by atoms with Crippen LogP contribution in [0.4, 0.5) is 5.95 Å². The zero-order valence-corrected chi connectivity index (χ0v) is 9.43. The molecule has 1 heterocycles. The van der Waals surface area contributed by atoms with Gasteiger partial charge in [-0.15, -0.1) is 0 Å². The van der Waals surface area contributed by atoms with Gasteiger partial charge in [-0.05, 0) is 29.8 Å². The van der Waals surface area contributed by atoms with Crippen molar-refractivity contribution in [2.24, 2.45) is 0 Å². The van der Waals surface area contributed by atoms with E-state index in [9.17, 15) is 5.11 Å². The van der Waals surface area contributed by atoms with Crippen molar-refractivity contribution in [3.8, 4) is 17.2 Å². The summed E-state index contributed by atoms with van der Waals surface area (Å²) in [6, 6.07) is 5.31. The third kappa shape index (κ3) is 1.84. The van der Waals surface area contributed by atoms with E-state index < -0.39 is 0 Å². The monoisotopic (exact) mass is 219 g/mol. The summed E-state index contributed by atoms with van der Waals surface area (Å²) in [5.74, 6) is 0.949. The molecule has 1 aromatic carbocycles. The molecule has 0 bridgehead atoms. The van der Waals surface area contributed by atoms with Crippen LogP contribution in [0.3, 0.4) is 0 Å². The summed E-state index contributed by atoms with van der Waals surface area (Å²) >= 11 is 0. The minimum Gasteiger partial charge on any atom is -0.507 e. The van der Waals surface area contributed by atoms with Crippen molar-refractivity contribution < 1.29 is 9.63 Å². The standard InChI is InChI=1S/C11H13N3O2/c1-7-4-5-8(9(15)6-7)10-12-11(13-16-10)14(2)3/h4-6,15H,1-3H3. The van der Waals surface area contributed by atoms with E-state index in [0.717, 1.165) is 5.56 Å². The van der Waals surface area contributed by atoms with Gasteiger partial charge in [-0.25, -0.2) is 0 Å². The third-order valence-corrected chi connectivity index (χ3v) is 2.20. The van der Waals surface area contributed by atoms with Crippen LogP contribution in [0.15, 0.2) is 22.7 Å². The lowest BCUT2D eigenvalue weighted by atomic mass is 10.1. The Hall–Kier alpha value is -2.04. The van der Waals surface area contributed by atoms with E-state index in [4.69, 9.17) is 4.52 Å². The number of benzene rings is 1. The van der Waals surface area contributed by atoms with Gasteiger partial charge in [-0.2, -0.15) is 4.98 Å². The van der Waals surface area contributed by atoms with E-state index in [2.05, 4.69) is 10.1 Å². The third-order valence-electron chi connectivity index (χ3n) is 2.20. The molecule has 0 amide bonds. The van der Waals surface area contributed by atoms with Gasteiger partial charge in [-0.1, -0.05) is 6.07 Å². The van der Waals surface area contributed by atoms with Gasteiger partial charge in [0.25, 0.3) is 11.8 Å². The predicted molar refractivity (Wildman–Crippen MR) is 60.5 cm³/mol. The minimum atomic E-state index is 0.147. The summed E-state index contributed by atoms with van der Waals surface area (Å²) in [7, 11) is 3.65. The fourth-order valence-corrected chi connectivity index (χ4v) is 1.33. The highest BCUT2D eigenvalue weighted by molar-refractivity contribution is 5.63. The molecule has 84 valence electrons. The average Bonchev–Trinajstić information content (AvgIpc) is 2.66. The van der Waals surface area contributed by atoms with E-state index in [-0.39, 0.29) is 5.75 Å². The van der Waals surface area contributed by atoms with E-state index >= 15 is 0 Å². The molecular formula is C11H13N3O2. The lowest BCUT2D eigenvalue weighted by molar-refractivity contribution is 0.424. The maximum atomic E-state index is 9.75. The summed E-state index contributed by atoms with van der Waals surface area (Å²) in [6.07, 6.45) is 0. The molecule has 0 aliphatic carbocycles. The first kappa shape index (κ1) is 10.5. The highest BCUT2D eigenvalue weighted by Gasteiger charge is 2.13. The van der Waals surface area contributed by atoms with Crippen LogP contribution >= 0.6 is 0 Å². The van der Waals surface area contributed by atoms with Crippen molar-refractivity contribution in [3.05, 3.63) is 23.8 Å². The summed E-state index contributed by atoms with van der Waals surface area (Å²) in [4.78, 5) is 5.89. The van der Waals surface area contributed by atoms with Crippen LogP contribution in [0.5, 0.6) is 5.75 Å². The fraction of sp³-hybridized carbons (Fsp3) is 0.273. The highest BCUT2D eigenvalue weighted by Crippen LogP contribution is 2.29. The Bertz CT molecular complexity index is 506. The number of rotatable bonds is 2. The van der Waals surface area contributed by atoms with Crippen LogP contribution in [-0.2, 0) is 0 Å². The maximum Gasteiger partial charge on any atom is 0.265 e. The summed E-state index contributed by atoms with van der Waals surface area (Å²) < 4.78 is 5.07. The number of aromatic nitrogens is 2. The van der Waals surface area contributed by atoms with E-state index in [1.54, 1.807) is 17.0 Å². The van der Waals surface area contributed by atoms with Crippen LogP contribution in [-0.4, -0.2) is 29.3 Å². The van der Waals surface area contributed by atoms with Gasteiger partial charge >= 0.3 is 0 Å². The number of anilines is 1. The molecule has 0 saturated heterocycles. The first-order chi connectivity index (χ1) is 7.58. The largest absolute Gasteiger partial charge is 0.507 e. The Morgan fingerprint density at radius 1 is 1.31 bits per heavy atom. The molecule has 0 atom stereocenters. The van der Waals surface area contributed by atoms with Gasteiger partial charge in [0, 0.05) is 14.1 Å². The molecular weight excluding hydrogens is 206 g/mol. The zero-order valence-electron chi connectivity index (χ0n) is 9.43. The predicted octanol–water partition coefficient (Wildman–Crippen LogP) is 1.82. The number of nitrogens with zero attached hydrogens (tertiary/aromatic N) is 3. The average molecular weight is 219 g/mol. The maximum absolute atomic E-state index is 9.75. The first-order valence-electron chi connectivity index (χ1n) is 4.89. The SMILES string of the molecule is Cc1ccc(-c2nc(N(C)C)no2)c(O)c1. The lowest BCUT2D eigenvalue weighted by Crippen LogP contribution is -2.10. The number of aromatic hydroxyl groups is 1. The van der Waals surface area contributed by atoms with Crippen molar-refractivity contribution in [2.75, 3.05) is 19.0 Å². The van der Waals surface area contributed by atoms with Gasteiger partial charge in [0.1, 0.15) is 5.75 Å². The van der Waals surface area contributed by atoms with Gasteiger partial charge < -0.3 is 14.5 Å². The Balaban J connectivity index is 2.42. The van der Waals surface area contributed by atoms with E-state index in [0.29, 0.717) is 17.4 Å². The summed E-state index contributed by atoms with van der Waals surface area (Å²) in [5.41, 5.74) is 1.53. The van der Waals surface area contributed by atoms with Crippen LogP contribution < -0.4 is 4.90 Å². The molecule has 5 nitrogen and oxygen atoms in total. The normalized spacial score (nSPS) is 10.4. The number of hydrogen-bond donors (Lipinski definition) is 1. The second kappa shape index (κ2) is 3.84. The summed E-state index contributed by atoms with van der Waals surface area (Å²) in [6.45, 7) is 1.91. The van der Waals surface area contributed by atoms with E-state index in [1.165, 1.54) is 0 Å². The van der Waals surface area contributed by atoms with Crippen molar-refractivity contribution in [2.45, 2.75) is 6.92 Å². The molecule has 0 unspecified atom stereocenters. The van der Waals surface area contributed by atoms with Gasteiger partial charge in [0.15, 0.2) is 0 Å². The van der Waals surface area contributed by atoms with Gasteiger partial charge in [0.05, 0.1) is 5.56 Å².